The van der Waals surface area contributed by atoms with Crippen LogP contribution in [0.5, 0.6) is 0 Å². The summed E-state index contributed by atoms with van der Waals surface area (Å²) >= 11 is 6.19. The minimum absolute atomic E-state index is 0.128. The zero-order chi connectivity index (χ0) is 23.6. The highest BCUT2D eigenvalue weighted by atomic mass is 35.5. The molecule has 7 nitrogen and oxygen atoms in total. The molecule has 1 aliphatic carbocycles. The molecule has 4 rings (SSSR count). The molecule has 0 spiro atoms. The Morgan fingerprint density at radius 1 is 0.939 bits per heavy atom. The third-order valence-corrected chi connectivity index (χ3v) is 6.62. The Hall–Kier alpha value is -3.43. The number of halogens is 2. The van der Waals surface area contributed by atoms with Crippen molar-refractivity contribution in [3.8, 4) is 0 Å². The normalized spacial score (nSPS) is 13.3. The van der Waals surface area contributed by atoms with E-state index >= 15 is 0 Å². The smallest absolute Gasteiger partial charge is 0.261 e. The van der Waals surface area contributed by atoms with Crippen molar-refractivity contribution in [3.63, 3.8) is 0 Å². The fraction of sp³-hybridized carbons (Fsp3) is 0.130. The van der Waals surface area contributed by atoms with Gasteiger partial charge in [0.2, 0.25) is 0 Å². The van der Waals surface area contributed by atoms with Gasteiger partial charge in [-0.2, -0.15) is 0 Å². The average molecular weight is 488 g/mol. The Bertz CT molecular complexity index is 1330. The van der Waals surface area contributed by atoms with E-state index in [-0.39, 0.29) is 33.1 Å². The fourth-order valence-corrected chi connectivity index (χ4v) is 4.34. The maximum Gasteiger partial charge on any atom is 0.261 e. The van der Waals surface area contributed by atoms with Crippen LogP contribution in [-0.2, 0) is 10.0 Å². The highest BCUT2D eigenvalue weighted by Gasteiger charge is 2.25. The Morgan fingerprint density at radius 3 is 2.27 bits per heavy atom. The van der Waals surface area contributed by atoms with Gasteiger partial charge in [0.05, 0.1) is 21.2 Å². The molecule has 3 aromatic carbocycles. The van der Waals surface area contributed by atoms with E-state index in [1.807, 2.05) is 0 Å². The van der Waals surface area contributed by atoms with Crippen LogP contribution < -0.4 is 15.4 Å². The molecule has 2 amide bonds. The summed E-state index contributed by atoms with van der Waals surface area (Å²) < 4.78 is 40.9. The number of benzene rings is 3. The standard InChI is InChI=1S/C23H19ClFN3O4S/c24-19-13-16(9-12-18(19)23(30)26-15-7-8-15)27-22(29)14-5-10-17(11-6-14)33(31,32)28-21-4-2-1-3-20(21)25/h1-6,9-13,15,28H,7-8H2,(H,26,30)(H,27,29). The van der Waals surface area contributed by atoms with Crippen molar-refractivity contribution in [1.29, 1.82) is 0 Å². The quantitative estimate of drug-likeness (QED) is 0.458. The lowest BCUT2D eigenvalue weighted by Crippen LogP contribution is -2.25. The van der Waals surface area contributed by atoms with Crippen molar-refractivity contribution in [2.24, 2.45) is 0 Å². The van der Waals surface area contributed by atoms with E-state index in [0.717, 1.165) is 18.9 Å². The molecule has 3 aromatic rings. The number of hydrogen-bond acceptors (Lipinski definition) is 4. The van der Waals surface area contributed by atoms with Gasteiger partial charge < -0.3 is 10.6 Å². The molecule has 0 saturated heterocycles. The Morgan fingerprint density at radius 2 is 1.64 bits per heavy atom. The minimum Gasteiger partial charge on any atom is -0.349 e. The van der Waals surface area contributed by atoms with Gasteiger partial charge in [-0.05, 0) is 67.4 Å². The van der Waals surface area contributed by atoms with E-state index in [1.54, 1.807) is 6.07 Å². The molecular weight excluding hydrogens is 469 g/mol. The average Bonchev–Trinajstić information content (AvgIpc) is 3.59. The molecule has 1 saturated carbocycles. The van der Waals surface area contributed by atoms with E-state index < -0.39 is 21.7 Å². The van der Waals surface area contributed by atoms with Crippen molar-refractivity contribution in [1.82, 2.24) is 5.32 Å². The van der Waals surface area contributed by atoms with Crippen molar-refractivity contribution >= 4 is 44.8 Å². The summed E-state index contributed by atoms with van der Waals surface area (Å²) in [6, 6.07) is 15.3. The van der Waals surface area contributed by atoms with Crippen LogP contribution in [0.1, 0.15) is 33.6 Å². The second kappa shape index (κ2) is 9.21. The molecule has 0 aromatic heterocycles. The summed E-state index contributed by atoms with van der Waals surface area (Å²) in [7, 11) is -4.04. The van der Waals surface area contributed by atoms with Gasteiger partial charge in [-0.1, -0.05) is 23.7 Å². The minimum atomic E-state index is -4.04. The van der Waals surface area contributed by atoms with Gasteiger partial charge in [0, 0.05) is 17.3 Å². The van der Waals surface area contributed by atoms with Crippen molar-refractivity contribution in [2.75, 3.05) is 10.0 Å². The summed E-state index contributed by atoms with van der Waals surface area (Å²) in [6.45, 7) is 0. The summed E-state index contributed by atoms with van der Waals surface area (Å²) in [6.07, 6.45) is 1.91. The Balaban J connectivity index is 1.43. The lowest BCUT2D eigenvalue weighted by Gasteiger charge is -2.11. The molecular formula is C23H19ClFN3O4S. The maximum atomic E-state index is 13.8. The van der Waals surface area contributed by atoms with Crippen LogP contribution >= 0.6 is 11.6 Å². The summed E-state index contributed by atoms with van der Waals surface area (Å²) in [5.41, 5.74) is 0.723. The van der Waals surface area contributed by atoms with Crippen LogP contribution in [0.2, 0.25) is 5.02 Å². The van der Waals surface area contributed by atoms with E-state index in [1.165, 1.54) is 54.6 Å². The van der Waals surface area contributed by atoms with E-state index in [4.69, 9.17) is 11.6 Å². The van der Waals surface area contributed by atoms with E-state index in [2.05, 4.69) is 15.4 Å². The Labute approximate surface area is 195 Å². The zero-order valence-corrected chi connectivity index (χ0v) is 18.7. The number of para-hydroxylation sites is 1. The van der Waals surface area contributed by atoms with Crippen molar-refractivity contribution in [3.05, 3.63) is 88.7 Å². The predicted molar refractivity (Wildman–Crippen MR) is 124 cm³/mol. The van der Waals surface area contributed by atoms with Crippen molar-refractivity contribution < 1.29 is 22.4 Å². The van der Waals surface area contributed by atoms with E-state index in [0.29, 0.717) is 11.3 Å². The van der Waals surface area contributed by atoms with Crippen LogP contribution in [0.4, 0.5) is 15.8 Å². The van der Waals surface area contributed by atoms with Crippen molar-refractivity contribution in [2.45, 2.75) is 23.8 Å². The van der Waals surface area contributed by atoms with Crippen LogP contribution in [0.25, 0.3) is 0 Å². The van der Waals surface area contributed by atoms with Gasteiger partial charge in [-0.25, -0.2) is 12.8 Å². The molecule has 170 valence electrons. The van der Waals surface area contributed by atoms with Gasteiger partial charge >= 0.3 is 0 Å². The first-order valence-electron chi connectivity index (χ1n) is 10.0. The van der Waals surface area contributed by atoms with Gasteiger partial charge in [0.25, 0.3) is 21.8 Å². The number of rotatable bonds is 7. The molecule has 0 aliphatic heterocycles. The highest BCUT2D eigenvalue weighted by Crippen LogP contribution is 2.25. The maximum absolute atomic E-state index is 13.8. The third-order valence-electron chi connectivity index (χ3n) is 4.93. The number of anilines is 2. The second-order valence-electron chi connectivity index (χ2n) is 7.51. The number of carbonyl (C=O) groups excluding carboxylic acids is 2. The van der Waals surface area contributed by atoms with Gasteiger partial charge in [0.1, 0.15) is 5.82 Å². The first-order chi connectivity index (χ1) is 15.7. The lowest BCUT2D eigenvalue weighted by molar-refractivity contribution is 0.0950. The summed E-state index contributed by atoms with van der Waals surface area (Å²) in [5.74, 6) is -1.46. The van der Waals surface area contributed by atoms with Crippen LogP contribution in [0.15, 0.2) is 71.6 Å². The Kier molecular flexibility index (Phi) is 6.35. The van der Waals surface area contributed by atoms with Crippen LogP contribution in [0.3, 0.4) is 0 Å². The number of amides is 2. The number of sulfonamides is 1. The molecule has 0 heterocycles. The zero-order valence-electron chi connectivity index (χ0n) is 17.1. The number of carbonyl (C=O) groups is 2. The van der Waals surface area contributed by atoms with Gasteiger partial charge in [-0.15, -0.1) is 0 Å². The van der Waals surface area contributed by atoms with Crippen LogP contribution in [-0.4, -0.2) is 26.3 Å². The third kappa shape index (κ3) is 5.50. The first-order valence-corrected chi connectivity index (χ1v) is 11.9. The van der Waals surface area contributed by atoms with Crippen LogP contribution in [0, 0.1) is 5.82 Å². The summed E-state index contributed by atoms with van der Waals surface area (Å²) in [5, 5.41) is 5.70. The SMILES string of the molecule is O=C(Nc1ccc(C(=O)NC2CC2)c(Cl)c1)c1ccc(S(=O)(=O)Nc2ccccc2F)cc1. The number of hydrogen-bond donors (Lipinski definition) is 3. The van der Waals surface area contributed by atoms with Gasteiger partial charge in [-0.3, -0.25) is 14.3 Å². The number of nitrogens with one attached hydrogen (secondary N) is 3. The molecule has 0 atom stereocenters. The molecule has 3 N–H and O–H groups in total. The molecule has 0 unspecified atom stereocenters. The summed E-state index contributed by atoms with van der Waals surface area (Å²) in [4.78, 5) is 24.6. The highest BCUT2D eigenvalue weighted by molar-refractivity contribution is 7.92. The topological polar surface area (TPSA) is 104 Å². The van der Waals surface area contributed by atoms with E-state index in [9.17, 15) is 22.4 Å². The monoisotopic (exact) mass is 487 g/mol. The molecule has 10 heteroatoms. The molecule has 0 radical (unpaired) electrons. The predicted octanol–water partition coefficient (Wildman–Crippen LogP) is 4.42. The van der Waals surface area contributed by atoms with Gasteiger partial charge in [0.15, 0.2) is 0 Å². The fourth-order valence-electron chi connectivity index (χ4n) is 3.00. The molecule has 0 bridgehead atoms. The largest absolute Gasteiger partial charge is 0.349 e. The first kappa shape index (κ1) is 22.8. The molecule has 33 heavy (non-hydrogen) atoms. The molecule has 1 aliphatic rings. The molecule has 1 fully saturated rings. The second-order valence-corrected chi connectivity index (χ2v) is 9.60. The lowest BCUT2D eigenvalue weighted by atomic mass is 10.1.